The third-order valence-electron chi connectivity index (χ3n) is 4.73. The van der Waals surface area contributed by atoms with E-state index in [4.69, 9.17) is 9.73 Å². The van der Waals surface area contributed by atoms with Crippen molar-refractivity contribution in [3.8, 4) is 0 Å². The van der Waals surface area contributed by atoms with Gasteiger partial charge in [0.15, 0.2) is 5.96 Å². The van der Waals surface area contributed by atoms with E-state index in [1.165, 1.54) is 0 Å². The monoisotopic (exact) mass is 353 g/mol. The highest BCUT2D eigenvalue weighted by Gasteiger charge is 2.33. The van der Waals surface area contributed by atoms with E-state index in [1.807, 2.05) is 0 Å². The molecule has 0 atom stereocenters. The summed E-state index contributed by atoms with van der Waals surface area (Å²) < 4.78 is 5.30. The van der Waals surface area contributed by atoms with Crippen LogP contribution in [0, 0.1) is 5.41 Å². The summed E-state index contributed by atoms with van der Waals surface area (Å²) in [6.45, 7) is 12.8. The highest BCUT2D eigenvalue weighted by Crippen LogP contribution is 2.26. The first-order valence-electron chi connectivity index (χ1n) is 9.66. The fourth-order valence-corrected chi connectivity index (χ4v) is 3.08. The van der Waals surface area contributed by atoms with Crippen molar-refractivity contribution >= 4 is 11.9 Å². The number of guanidine groups is 1. The van der Waals surface area contributed by atoms with E-state index in [-0.39, 0.29) is 11.3 Å². The van der Waals surface area contributed by atoms with Crippen molar-refractivity contribution in [2.24, 2.45) is 10.4 Å². The largest absolute Gasteiger partial charge is 0.380 e. The summed E-state index contributed by atoms with van der Waals surface area (Å²) in [6.07, 6.45) is 3.05. The number of nitrogens with zero attached hydrogens (tertiary/aromatic N) is 2. The van der Waals surface area contributed by atoms with Crippen LogP contribution in [0.2, 0.25) is 0 Å². The predicted molar refractivity (Wildman–Crippen MR) is 101 cm³/mol. The molecule has 0 aromatic rings. The fourth-order valence-electron chi connectivity index (χ4n) is 3.08. The Morgan fingerprint density at radius 3 is 2.52 bits per heavy atom. The lowest BCUT2D eigenvalue weighted by atomic mass is 9.89. The van der Waals surface area contributed by atoms with Gasteiger partial charge in [0.05, 0.1) is 26.3 Å². The molecule has 2 saturated heterocycles. The number of piperidine rings is 1. The van der Waals surface area contributed by atoms with Crippen molar-refractivity contribution in [2.45, 2.75) is 46.1 Å². The molecule has 3 N–H and O–H groups in total. The van der Waals surface area contributed by atoms with E-state index >= 15 is 0 Å². The van der Waals surface area contributed by atoms with E-state index < -0.39 is 0 Å². The minimum atomic E-state index is 0.138. The normalized spacial score (nSPS) is 21.5. The molecule has 0 bridgehead atoms. The lowest BCUT2D eigenvalue weighted by Crippen LogP contribution is -2.51. The Balaban J connectivity index is 1.72. The molecule has 2 heterocycles. The van der Waals surface area contributed by atoms with Gasteiger partial charge in [-0.15, -0.1) is 0 Å². The summed E-state index contributed by atoms with van der Waals surface area (Å²) in [5.74, 6) is 1.04. The summed E-state index contributed by atoms with van der Waals surface area (Å²) in [6, 6.07) is 0.415. The minimum absolute atomic E-state index is 0.138. The van der Waals surface area contributed by atoms with Gasteiger partial charge in [0.1, 0.15) is 0 Å². The summed E-state index contributed by atoms with van der Waals surface area (Å²) in [5, 5.41) is 9.84. The number of hydrogen-bond donors (Lipinski definition) is 3. The second-order valence-electron chi connectivity index (χ2n) is 7.54. The maximum atomic E-state index is 11.8. The topological polar surface area (TPSA) is 78.0 Å². The highest BCUT2D eigenvalue weighted by molar-refractivity contribution is 5.80. The first kappa shape index (κ1) is 20.0. The molecule has 25 heavy (non-hydrogen) atoms. The SMILES string of the molecule is CCCNC(=O)CN1CCC(NC(=NCC2(C)COC2)NCC)CC1. The molecule has 0 aromatic carbocycles. The number of aliphatic imine (C=N–C) groups is 1. The molecular formula is C18H35N5O2. The summed E-state index contributed by atoms with van der Waals surface area (Å²) in [4.78, 5) is 18.8. The molecule has 0 saturated carbocycles. The zero-order chi connectivity index (χ0) is 18.1. The fraction of sp³-hybridized carbons (Fsp3) is 0.889. The molecule has 0 unspecified atom stereocenters. The summed E-state index contributed by atoms with van der Waals surface area (Å²) in [5.41, 5.74) is 0.192. The van der Waals surface area contributed by atoms with E-state index in [1.54, 1.807) is 0 Å². The first-order chi connectivity index (χ1) is 12.0. The number of rotatable bonds is 8. The molecule has 7 nitrogen and oxygen atoms in total. The van der Waals surface area contributed by atoms with Gasteiger partial charge < -0.3 is 20.7 Å². The van der Waals surface area contributed by atoms with Crippen LogP contribution in [-0.2, 0) is 9.53 Å². The lowest BCUT2D eigenvalue weighted by molar-refractivity contribution is -0.122. The lowest BCUT2D eigenvalue weighted by Gasteiger charge is -2.37. The molecule has 2 rings (SSSR count). The number of amides is 1. The van der Waals surface area contributed by atoms with E-state index in [0.29, 0.717) is 12.6 Å². The molecule has 1 amide bonds. The zero-order valence-corrected chi connectivity index (χ0v) is 16.1. The van der Waals surface area contributed by atoms with Crippen LogP contribution < -0.4 is 16.0 Å². The van der Waals surface area contributed by atoms with Gasteiger partial charge in [-0.1, -0.05) is 13.8 Å². The molecular weight excluding hydrogens is 318 g/mol. The Morgan fingerprint density at radius 2 is 1.96 bits per heavy atom. The molecule has 2 fully saturated rings. The van der Waals surface area contributed by atoms with Gasteiger partial charge in [-0.05, 0) is 26.2 Å². The van der Waals surface area contributed by atoms with Crippen LogP contribution in [0.4, 0.5) is 0 Å². The highest BCUT2D eigenvalue weighted by atomic mass is 16.5. The van der Waals surface area contributed by atoms with Crippen LogP contribution in [-0.4, -0.2) is 75.3 Å². The van der Waals surface area contributed by atoms with Crippen molar-refractivity contribution in [3.63, 3.8) is 0 Å². The molecule has 2 aliphatic rings. The second-order valence-corrected chi connectivity index (χ2v) is 7.54. The van der Waals surface area contributed by atoms with Crippen molar-refractivity contribution in [2.75, 3.05) is 52.5 Å². The Morgan fingerprint density at radius 1 is 1.24 bits per heavy atom. The number of ether oxygens (including phenoxy) is 1. The molecule has 0 spiro atoms. The van der Waals surface area contributed by atoms with Gasteiger partial charge >= 0.3 is 0 Å². The summed E-state index contributed by atoms with van der Waals surface area (Å²) in [7, 11) is 0. The smallest absolute Gasteiger partial charge is 0.234 e. The third kappa shape index (κ3) is 6.82. The van der Waals surface area contributed by atoms with Crippen LogP contribution in [0.1, 0.15) is 40.0 Å². The van der Waals surface area contributed by atoms with Crippen molar-refractivity contribution in [1.82, 2.24) is 20.9 Å². The first-order valence-corrected chi connectivity index (χ1v) is 9.66. The third-order valence-corrected chi connectivity index (χ3v) is 4.73. The maximum Gasteiger partial charge on any atom is 0.234 e. The van der Waals surface area contributed by atoms with Crippen LogP contribution in [0.5, 0.6) is 0 Å². The Kier molecular flexibility index (Phi) is 7.96. The molecule has 0 radical (unpaired) electrons. The Hall–Kier alpha value is -1.34. The number of hydrogen-bond acceptors (Lipinski definition) is 4. The van der Waals surface area contributed by atoms with Crippen LogP contribution >= 0.6 is 0 Å². The van der Waals surface area contributed by atoms with Crippen molar-refractivity contribution in [1.29, 1.82) is 0 Å². The van der Waals surface area contributed by atoms with Gasteiger partial charge in [0.2, 0.25) is 5.91 Å². The Labute approximate surface area is 152 Å². The second kappa shape index (κ2) is 9.97. The van der Waals surface area contributed by atoms with Crippen molar-refractivity contribution in [3.05, 3.63) is 0 Å². The van der Waals surface area contributed by atoms with Crippen LogP contribution in [0.25, 0.3) is 0 Å². The van der Waals surface area contributed by atoms with Crippen molar-refractivity contribution < 1.29 is 9.53 Å². The maximum absolute atomic E-state index is 11.8. The zero-order valence-electron chi connectivity index (χ0n) is 16.1. The van der Waals surface area contributed by atoms with E-state index in [2.05, 4.69) is 41.6 Å². The van der Waals surface area contributed by atoms with Gasteiger partial charge in [-0.25, -0.2) is 0 Å². The quantitative estimate of drug-likeness (QED) is 0.439. The van der Waals surface area contributed by atoms with Crippen LogP contribution in [0.3, 0.4) is 0 Å². The molecule has 144 valence electrons. The molecule has 7 heteroatoms. The predicted octanol–water partition coefficient (Wildman–Crippen LogP) is 0.569. The van der Waals surface area contributed by atoms with E-state index in [9.17, 15) is 4.79 Å². The average molecular weight is 354 g/mol. The molecule has 0 aromatic heterocycles. The van der Waals surface area contributed by atoms with E-state index in [0.717, 1.165) is 71.2 Å². The van der Waals surface area contributed by atoms with Gasteiger partial charge in [-0.3, -0.25) is 14.7 Å². The molecule has 0 aliphatic carbocycles. The number of likely N-dealkylation sites (tertiary alicyclic amines) is 1. The van der Waals surface area contributed by atoms with Crippen LogP contribution in [0.15, 0.2) is 4.99 Å². The van der Waals surface area contributed by atoms with Gasteiger partial charge in [0.25, 0.3) is 0 Å². The van der Waals surface area contributed by atoms with Gasteiger partial charge in [0, 0.05) is 37.6 Å². The number of carbonyl (C=O) groups excluding carboxylic acids is 1. The number of carbonyl (C=O) groups is 1. The summed E-state index contributed by atoms with van der Waals surface area (Å²) >= 11 is 0. The van der Waals surface area contributed by atoms with Gasteiger partial charge in [-0.2, -0.15) is 0 Å². The minimum Gasteiger partial charge on any atom is -0.380 e. The number of nitrogens with one attached hydrogen (secondary N) is 3. The Bertz CT molecular complexity index is 443. The standard InChI is InChI=1S/C18H35N5O2/c1-4-8-20-16(24)11-23-9-6-15(7-10-23)22-17(19-5-2)21-12-18(3)13-25-14-18/h15H,4-14H2,1-3H3,(H,20,24)(H2,19,21,22). The molecule has 2 aliphatic heterocycles. The average Bonchev–Trinajstić information content (AvgIpc) is 2.58.